The molecule has 0 fully saturated rings. The number of carbonyl (C=O) groups is 1. The Hall–Kier alpha value is -1.46. The molecule has 0 aliphatic carbocycles. The molecule has 0 aliphatic rings. The van der Waals surface area contributed by atoms with Gasteiger partial charge in [-0.15, -0.1) is 0 Å². The number of methoxy groups -OCH3 is 1. The lowest BCUT2D eigenvalue weighted by atomic mass is 10.1. The molecule has 0 bridgehead atoms. The molecule has 0 saturated carbocycles. The van der Waals surface area contributed by atoms with E-state index < -0.39 is 0 Å². The summed E-state index contributed by atoms with van der Waals surface area (Å²) in [6.45, 7) is 2.16. The van der Waals surface area contributed by atoms with Gasteiger partial charge in [0.2, 0.25) is 0 Å². The quantitative estimate of drug-likeness (QED) is 0.628. The summed E-state index contributed by atoms with van der Waals surface area (Å²) in [5, 5.41) is 0. The molecule has 0 aromatic heterocycles. The number of esters is 1. The van der Waals surface area contributed by atoms with E-state index >= 15 is 0 Å². The number of benzene rings is 1. The van der Waals surface area contributed by atoms with Crippen LogP contribution in [0.1, 0.15) is 22.8 Å². The number of nitrogens with two attached hydrogens (primary N) is 1. The molecule has 0 spiro atoms. The first-order chi connectivity index (χ1) is 8.52. The molecule has 1 rings (SSSR count). The van der Waals surface area contributed by atoms with E-state index in [1.54, 1.807) is 26.2 Å². The van der Waals surface area contributed by atoms with Gasteiger partial charge in [-0.05, 0) is 24.6 Å². The van der Waals surface area contributed by atoms with Gasteiger partial charge in [-0.1, -0.05) is 24.4 Å². The van der Waals surface area contributed by atoms with E-state index in [-0.39, 0.29) is 12.1 Å². The van der Waals surface area contributed by atoms with E-state index in [2.05, 4.69) is 0 Å². The van der Waals surface area contributed by atoms with Crippen molar-refractivity contribution in [1.29, 1.82) is 0 Å². The minimum absolute atomic E-state index is 0.265. The lowest BCUT2D eigenvalue weighted by Crippen LogP contribution is -2.19. The van der Waals surface area contributed by atoms with Gasteiger partial charge < -0.3 is 15.2 Å². The first kappa shape index (κ1) is 14.6. The van der Waals surface area contributed by atoms with Crippen LogP contribution >= 0.6 is 12.2 Å². The summed E-state index contributed by atoms with van der Waals surface area (Å²) in [5.74, 6) is -0.360. The van der Waals surface area contributed by atoms with Crippen LogP contribution in [0.5, 0.6) is 0 Å². The summed E-state index contributed by atoms with van der Waals surface area (Å²) in [4.78, 5) is 12.2. The first-order valence-corrected chi connectivity index (χ1v) is 6.01. The Balaban J connectivity index is 2.61. The molecule has 0 heterocycles. The zero-order valence-corrected chi connectivity index (χ0v) is 11.3. The van der Waals surface area contributed by atoms with Gasteiger partial charge in [-0.2, -0.15) is 0 Å². The Morgan fingerprint density at radius 3 is 2.50 bits per heavy atom. The molecule has 1 atom stereocenters. The third-order valence-corrected chi connectivity index (χ3v) is 2.42. The van der Waals surface area contributed by atoms with Crippen LogP contribution in [0.15, 0.2) is 24.3 Å². The molecule has 5 heteroatoms. The normalized spacial score (nSPS) is 11.9. The number of ether oxygens (including phenoxy) is 2. The van der Waals surface area contributed by atoms with Crippen LogP contribution in [0.25, 0.3) is 0 Å². The molecule has 2 N–H and O–H groups in total. The zero-order valence-electron chi connectivity index (χ0n) is 10.5. The maximum Gasteiger partial charge on any atom is 0.338 e. The Morgan fingerprint density at radius 2 is 2.00 bits per heavy atom. The number of rotatable bonds is 6. The first-order valence-electron chi connectivity index (χ1n) is 5.60. The SMILES string of the molecule is COCC(C)OC(=O)c1ccc(CC(N)=S)cc1. The van der Waals surface area contributed by atoms with Gasteiger partial charge in [0.25, 0.3) is 0 Å². The lowest BCUT2D eigenvalue weighted by Gasteiger charge is -2.12. The molecule has 4 nitrogen and oxygen atoms in total. The van der Waals surface area contributed by atoms with Crippen molar-refractivity contribution < 1.29 is 14.3 Å². The topological polar surface area (TPSA) is 61.5 Å². The van der Waals surface area contributed by atoms with E-state index in [1.165, 1.54) is 0 Å². The number of hydrogen-bond acceptors (Lipinski definition) is 4. The van der Waals surface area contributed by atoms with Crippen LogP contribution in [0, 0.1) is 0 Å². The maximum atomic E-state index is 11.7. The molecular formula is C13H17NO3S. The van der Waals surface area contributed by atoms with Crippen molar-refractivity contribution in [3.8, 4) is 0 Å². The molecule has 0 radical (unpaired) electrons. The maximum absolute atomic E-state index is 11.7. The highest BCUT2D eigenvalue weighted by atomic mass is 32.1. The molecule has 98 valence electrons. The molecule has 18 heavy (non-hydrogen) atoms. The van der Waals surface area contributed by atoms with Gasteiger partial charge in [0.15, 0.2) is 0 Å². The van der Waals surface area contributed by atoms with E-state index in [1.807, 2.05) is 12.1 Å². The standard InChI is InChI=1S/C13H17NO3S/c1-9(8-16-2)17-13(15)11-5-3-10(4-6-11)7-12(14)18/h3-6,9H,7-8H2,1-2H3,(H2,14,18). The largest absolute Gasteiger partial charge is 0.457 e. The summed E-state index contributed by atoms with van der Waals surface area (Å²) in [6, 6.07) is 7.04. The second-order valence-electron chi connectivity index (χ2n) is 4.01. The average Bonchev–Trinajstić information content (AvgIpc) is 2.29. The van der Waals surface area contributed by atoms with Crippen LogP contribution in [0.4, 0.5) is 0 Å². The molecule has 1 aromatic carbocycles. The fraction of sp³-hybridized carbons (Fsp3) is 0.385. The minimum atomic E-state index is -0.360. The third-order valence-electron chi connectivity index (χ3n) is 2.28. The average molecular weight is 267 g/mol. The van der Waals surface area contributed by atoms with E-state index in [4.69, 9.17) is 27.4 Å². The fourth-order valence-electron chi connectivity index (χ4n) is 1.48. The molecule has 1 unspecified atom stereocenters. The minimum Gasteiger partial charge on any atom is -0.457 e. The Bertz CT molecular complexity index is 417. The summed E-state index contributed by atoms with van der Waals surface area (Å²) >= 11 is 4.82. The van der Waals surface area contributed by atoms with Crippen molar-refractivity contribution in [2.45, 2.75) is 19.4 Å². The summed E-state index contributed by atoms with van der Waals surface area (Å²) in [7, 11) is 1.56. The smallest absolute Gasteiger partial charge is 0.338 e. The van der Waals surface area contributed by atoms with Gasteiger partial charge in [0, 0.05) is 13.5 Å². The molecule has 0 amide bonds. The van der Waals surface area contributed by atoms with Gasteiger partial charge >= 0.3 is 5.97 Å². The summed E-state index contributed by atoms with van der Waals surface area (Å²) in [5.41, 5.74) is 6.93. The summed E-state index contributed by atoms with van der Waals surface area (Å²) in [6.07, 6.45) is 0.267. The van der Waals surface area contributed by atoms with Crippen molar-refractivity contribution in [3.05, 3.63) is 35.4 Å². The van der Waals surface area contributed by atoms with Crippen LogP contribution in [-0.4, -0.2) is 30.8 Å². The predicted octanol–water partition coefficient (Wildman–Crippen LogP) is 1.71. The van der Waals surface area contributed by atoms with Crippen LogP contribution in [0.2, 0.25) is 0 Å². The van der Waals surface area contributed by atoms with E-state index in [0.29, 0.717) is 23.6 Å². The van der Waals surface area contributed by atoms with Gasteiger partial charge in [0.1, 0.15) is 6.10 Å². The fourth-order valence-corrected chi connectivity index (χ4v) is 1.65. The molecule has 1 aromatic rings. The third kappa shape index (κ3) is 4.81. The van der Waals surface area contributed by atoms with E-state index in [0.717, 1.165) is 5.56 Å². The van der Waals surface area contributed by atoms with Crippen molar-refractivity contribution in [1.82, 2.24) is 0 Å². The second-order valence-corrected chi connectivity index (χ2v) is 4.54. The van der Waals surface area contributed by atoms with Crippen LogP contribution in [0.3, 0.4) is 0 Å². The molecule has 0 aliphatic heterocycles. The number of thiocarbonyl (C=S) groups is 1. The predicted molar refractivity (Wildman–Crippen MR) is 73.7 cm³/mol. The van der Waals surface area contributed by atoms with Gasteiger partial charge in [-0.25, -0.2) is 4.79 Å². The Morgan fingerprint density at radius 1 is 1.39 bits per heavy atom. The number of hydrogen-bond donors (Lipinski definition) is 1. The van der Waals surface area contributed by atoms with E-state index in [9.17, 15) is 4.79 Å². The highest BCUT2D eigenvalue weighted by molar-refractivity contribution is 7.80. The monoisotopic (exact) mass is 267 g/mol. The Labute approximate surface area is 112 Å². The highest BCUT2D eigenvalue weighted by Crippen LogP contribution is 2.08. The molecular weight excluding hydrogens is 250 g/mol. The van der Waals surface area contributed by atoms with Crippen LogP contribution in [-0.2, 0) is 15.9 Å². The van der Waals surface area contributed by atoms with Crippen molar-refractivity contribution in [3.63, 3.8) is 0 Å². The summed E-state index contributed by atoms with van der Waals surface area (Å²) < 4.78 is 10.1. The van der Waals surface area contributed by atoms with Gasteiger partial charge in [-0.3, -0.25) is 0 Å². The lowest BCUT2D eigenvalue weighted by molar-refractivity contribution is 0.0120. The number of carbonyl (C=O) groups excluding carboxylic acids is 1. The second kappa shape index (κ2) is 7.08. The van der Waals surface area contributed by atoms with Crippen LogP contribution < -0.4 is 5.73 Å². The van der Waals surface area contributed by atoms with Crippen molar-refractivity contribution in [2.24, 2.45) is 5.73 Å². The zero-order chi connectivity index (χ0) is 13.5. The molecule has 0 saturated heterocycles. The van der Waals surface area contributed by atoms with Gasteiger partial charge in [0.05, 0.1) is 17.2 Å². The highest BCUT2D eigenvalue weighted by Gasteiger charge is 2.11. The Kier molecular flexibility index (Phi) is 5.74. The van der Waals surface area contributed by atoms with Crippen molar-refractivity contribution >= 4 is 23.2 Å². The van der Waals surface area contributed by atoms with Crippen molar-refractivity contribution in [2.75, 3.05) is 13.7 Å².